The highest BCUT2D eigenvalue weighted by Gasteiger charge is 2.30. The standard InChI is InChI=1S/C9H11F3N4O/c1-16(4-9(10,11)12)7-2-5(8(14)17)6(13)3-15-7/h2-3H,4,13H2,1H3,(H2,14,17). The SMILES string of the molecule is CN(CC(F)(F)F)c1cc(C(N)=O)c(N)cn1. The smallest absolute Gasteiger partial charge is 0.397 e. The zero-order valence-corrected chi connectivity index (χ0v) is 8.95. The molecule has 0 saturated heterocycles. The monoisotopic (exact) mass is 248 g/mol. The van der Waals surface area contributed by atoms with E-state index in [0.29, 0.717) is 0 Å². The first-order valence-electron chi connectivity index (χ1n) is 4.54. The molecule has 1 aromatic rings. The predicted octanol–water partition coefficient (Wildman–Crippen LogP) is 0.761. The number of hydrogen-bond acceptors (Lipinski definition) is 4. The summed E-state index contributed by atoms with van der Waals surface area (Å²) in [6.07, 6.45) is -3.26. The fourth-order valence-corrected chi connectivity index (χ4v) is 1.23. The second-order valence-electron chi connectivity index (χ2n) is 3.47. The van der Waals surface area contributed by atoms with Gasteiger partial charge in [0, 0.05) is 7.05 Å². The molecule has 0 aliphatic heterocycles. The van der Waals surface area contributed by atoms with E-state index in [0.717, 1.165) is 17.2 Å². The average Bonchev–Trinajstić information content (AvgIpc) is 2.14. The number of halogens is 3. The number of anilines is 2. The van der Waals surface area contributed by atoms with Crippen LogP contribution in [0.5, 0.6) is 0 Å². The van der Waals surface area contributed by atoms with Crippen LogP contribution in [0.1, 0.15) is 10.4 Å². The van der Waals surface area contributed by atoms with Crippen molar-refractivity contribution in [3.05, 3.63) is 17.8 Å². The van der Waals surface area contributed by atoms with Crippen molar-refractivity contribution in [2.75, 3.05) is 24.2 Å². The highest BCUT2D eigenvalue weighted by atomic mass is 19.4. The van der Waals surface area contributed by atoms with Crippen LogP contribution in [0, 0.1) is 0 Å². The number of hydrogen-bond donors (Lipinski definition) is 2. The van der Waals surface area contributed by atoms with Gasteiger partial charge >= 0.3 is 6.18 Å². The van der Waals surface area contributed by atoms with Crippen LogP contribution in [0.3, 0.4) is 0 Å². The van der Waals surface area contributed by atoms with E-state index in [2.05, 4.69) is 4.98 Å². The third-order valence-corrected chi connectivity index (χ3v) is 1.99. The summed E-state index contributed by atoms with van der Waals surface area (Å²) in [7, 11) is 1.21. The molecule has 0 fully saturated rings. The largest absolute Gasteiger partial charge is 0.405 e. The number of alkyl halides is 3. The molecule has 4 N–H and O–H groups in total. The highest BCUT2D eigenvalue weighted by Crippen LogP contribution is 2.21. The highest BCUT2D eigenvalue weighted by molar-refractivity contribution is 5.98. The van der Waals surface area contributed by atoms with Crippen LogP contribution in [0.4, 0.5) is 24.7 Å². The Bertz CT molecular complexity index is 433. The number of carbonyl (C=O) groups excluding carboxylic acids is 1. The van der Waals surface area contributed by atoms with Gasteiger partial charge in [0.2, 0.25) is 0 Å². The fourth-order valence-electron chi connectivity index (χ4n) is 1.23. The van der Waals surface area contributed by atoms with Gasteiger partial charge in [-0.2, -0.15) is 13.2 Å². The van der Waals surface area contributed by atoms with Gasteiger partial charge < -0.3 is 16.4 Å². The number of nitrogens with two attached hydrogens (primary N) is 2. The Balaban J connectivity index is 3.00. The predicted molar refractivity (Wildman–Crippen MR) is 56.5 cm³/mol. The normalized spacial score (nSPS) is 11.3. The van der Waals surface area contributed by atoms with E-state index in [-0.39, 0.29) is 17.1 Å². The van der Waals surface area contributed by atoms with Gasteiger partial charge in [-0.15, -0.1) is 0 Å². The molecule has 0 aromatic carbocycles. The zero-order chi connectivity index (χ0) is 13.2. The van der Waals surface area contributed by atoms with Gasteiger partial charge in [0.15, 0.2) is 0 Å². The van der Waals surface area contributed by atoms with E-state index in [1.54, 1.807) is 0 Å². The van der Waals surface area contributed by atoms with Gasteiger partial charge in [0.05, 0.1) is 17.4 Å². The van der Waals surface area contributed by atoms with Crippen molar-refractivity contribution in [1.29, 1.82) is 0 Å². The van der Waals surface area contributed by atoms with E-state index < -0.39 is 18.6 Å². The van der Waals surface area contributed by atoms with Crippen LogP contribution in [0.2, 0.25) is 0 Å². The van der Waals surface area contributed by atoms with Crippen molar-refractivity contribution in [3.8, 4) is 0 Å². The molecule has 5 nitrogen and oxygen atoms in total. The lowest BCUT2D eigenvalue weighted by Gasteiger charge is -2.20. The molecule has 1 rings (SSSR count). The number of pyridine rings is 1. The molecule has 94 valence electrons. The summed E-state index contributed by atoms with van der Waals surface area (Å²) in [6, 6.07) is 1.13. The Labute approximate surface area is 95.2 Å². The summed E-state index contributed by atoms with van der Waals surface area (Å²) in [5, 5.41) is 0. The van der Waals surface area contributed by atoms with E-state index >= 15 is 0 Å². The van der Waals surface area contributed by atoms with Gasteiger partial charge in [-0.3, -0.25) is 4.79 Å². The fraction of sp³-hybridized carbons (Fsp3) is 0.333. The van der Waals surface area contributed by atoms with Crippen LogP contribution in [-0.2, 0) is 0 Å². The van der Waals surface area contributed by atoms with E-state index in [1.807, 2.05) is 0 Å². The number of nitrogen functional groups attached to an aromatic ring is 1. The zero-order valence-electron chi connectivity index (χ0n) is 8.95. The quantitative estimate of drug-likeness (QED) is 0.827. The first-order valence-corrected chi connectivity index (χ1v) is 4.54. The first-order chi connectivity index (χ1) is 7.70. The molecular formula is C9H11F3N4O. The summed E-state index contributed by atoms with van der Waals surface area (Å²) in [5.41, 5.74) is 10.4. The van der Waals surface area contributed by atoms with Crippen molar-refractivity contribution >= 4 is 17.4 Å². The minimum atomic E-state index is -4.36. The lowest BCUT2D eigenvalue weighted by Crippen LogP contribution is -2.31. The Morgan fingerprint density at radius 3 is 2.59 bits per heavy atom. The maximum atomic E-state index is 12.1. The van der Waals surface area contributed by atoms with Gasteiger partial charge in [0.25, 0.3) is 5.91 Å². The summed E-state index contributed by atoms with van der Waals surface area (Å²) in [5.74, 6) is -0.836. The second kappa shape index (κ2) is 4.48. The van der Waals surface area contributed by atoms with Gasteiger partial charge in [0.1, 0.15) is 12.4 Å². The van der Waals surface area contributed by atoms with E-state index in [9.17, 15) is 18.0 Å². The van der Waals surface area contributed by atoms with Crippen LogP contribution >= 0.6 is 0 Å². The summed E-state index contributed by atoms with van der Waals surface area (Å²) >= 11 is 0. The maximum absolute atomic E-state index is 12.1. The van der Waals surface area contributed by atoms with Gasteiger partial charge in [-0.1, -0.05) is 0 Å². The number of rotatable bonds is 3. The number of nitrogens with zero attached hydrogens (tertiary/aromatic N) is 2. The topological polar surface area (TPSA) is 85.2 Å². The minimum absolute atomic E-state index is 0.0228. The van der Waals surface area contributed by atoms with Crippen LogP contribution in [0.15, 0.2) is 12.3 Å². The third-order valence-electron chi connectivity index (χ3n) is 1.99. The first kappa shape index (κ1) is 13.1. The van der Waals surface area contributed by atoms with Gasteiger partial charge in [-0.25, -0.2) is 4.98 Å². The van der Waals surface area contributed by atoms with Gasteiger partial charge in [-0.05, 0) is 6.07 Å². The van der Waals surface area contributed by atoms with E-state index in [4.69, 9.17) is 11.5 Å². The summed E-state index contributed by atoms with van der Waals surface area (Å²) < 4.78 is 36.4. The maximum Gasteiger partial charge on any atom is 0.405 e. The molecule has 0 bridgehead atoms. The Kier molecular flexibility index (Phi) is 3.45. The Hall–Kier alpha value is -1.99. The molecule has 8 heteroatoms. The molecular weight excluding hydrogens is 237 g/mol. The summed E-state index contributed by atoms with van der Waals surface area (Å²) in [4.78, 5) is 15.5. The van der Waals surface area contributed by atoms with Crippen LogP contribution in [-0.4, -0.2) is 30.7 Å². The molecule has 0 unspecified atom stereocenters. The molecule has 17 heavy (non-hydrogen) atoms. The third kappa shape index (κ3) is 3.51. The molecule has 1 heterocycles. The Morgan fingerprint density at radius 2 is 2.12 bits per heavy atom. The minimum Gasteiger partial charge on any atom is -0.397 e. The Morgan fingerprint density at radius 1 is 1.53 bits per heavy atom. The van der Waals surface area contributed by atoms with Crippen molar-refractivity contribution in [2.45, 2.75) is 6.18 Å². The molecule has 0 atom stereocenters. The van der Waals surface area contributed by atoms with Crippen molar-refractivity contribution < 1.29 is 18.0 Å². The van der Waals surface area contributed by atoms with Crippen LogP contribution in [0.25, 0.3) is 0 Å². The molecule has 0 aliphatic carbocycles. The van der Waals surface area contributed by atoms with Crippen LogP contribution < -0.4 is 16.4 Å². The number of carbonyl (C=O) groups is 1. The lowest BCUT2D eigenvalue weighted by atomic mass is 10.2. The lowest BCUT2D eigenvalue weighted by molar-refractivity contribution is -0.119. The molecule has 0 spiro atoms. The molecule has 0 radical (unpaired) electrons. The average molecular weight is 248 g/mol. The molecule has 1 aromatic heterocycles. The van der Waals surface area contributed by atoms with Crippen molar-refractivity contribution in [3.63, 3.8) is 0 Å². The molecule has 0 saturated carbocycles. The van der Waals surface area contributed by atoms with Crippen molar-refractivity contribution in [2.24, 2.45) is 5.73 Å². The number of amides is 1. The molecule has 0 aliphatic rings. The second-order valence-corrected chi connectivity index (χ2v) is 3.47. The molecule has 1 amide bonds. The number of primary amides is 1. The van der Waals surface area contributed by atoms with Crippen molar-refractivity contribution in [1.82, 2.24) is 4.98 Å². The number of aromatic nitrogens is 1. The van der Waals surface area contributed by atoms with E-state index in [1.165, 1.54) is 7.05 Å². The summed E-state index contributed by atoms with van der Waals surface area (Å²) in [6.45, 7) is -1.18.